The van der Waals surface area contributed by atoms with Gasteiger partial charge in [-0.3, -0.25) is 20.2 Å². The summed E-state index contributed by atoms with van der Waals surface area (Å²) in [5.74, 6) is 1.74. The molecule has 0 spiro atoms. The number of non-ortho nitro benzene ring substituents is 2. The van der Waals surface area contributed by atoms with Crippen LogP contribution in [-0.4, -0.2) is 56.2 Å². The van der Waals surface area contributed by atoms with E-state index in [9.17, 15) is 28.6 Å². The van der Waals surface area contributed by atoms with Crippen molar-refractivity contribution in [2.75, 3.05) is 37.9 Å². The molecule has 2 aromatic rings. The summed E-state index contributed by atoms with van der Waals surface area (Å²) in [6.07, 6.45) is 0. The Morgan fingerprint density at radius 3 is 1.69 bits per heavy atom. The summed E-state index contributed by atoms with van der Waals surface area (Å²) in [5, 5.41) is 20.9. The summed E-state index contributed by atoms with van der Waals surface area (Å²) in [5.41, 5.74) is 0.0299. The summed E-state index contributed by atoms with van der Waals surface area (Å²) in [6, 6.07) is 11.6. The Morgan fingerprint density at radius 2 is 1.28 bits per heavy atom. The fourth-order valence-electron chi connectivity index (χ4n) is 2.82. The van der Waals surface area contributed by atoms with E-state index in [1.54, 1.807) is 36.0 Å². The Balaban J connectivity index is 0.000000182. The highest BCUT2D eigenvalue weighted by Crippen LogP contribution is 2.26. The van der Waals surface area contributed by atoms with Gasteiger partial charge in [0.15, 0.2) is 9.84 Å². The average molecular weight is 483 g/mol. The van der Waals surface area contributed by atoms with E-state index < -0.39 is 14.8 Å². The van der Waals surface area contributed by atoms with Gasteiger partial charge in [0.2, 0.25) is 0 Å². The van der Waals surface area contributed by atoms with E-state index in [1.807, 2.05) is 0 Å². The molecule has 0 saturated carbocycles. The summed E-state index contributed by atoms with van der Waals surface area (Å²) >= 11 is 1.72. The molecule has 32 heavy (non-hydrogen) atoms. The quantitative estimate of drug-likeness (QED) is 0.315. The summed E-state index contributed by atoms with van der Waals surface area (Å²) in [7, 11) is -3.37. The van der Waals surface area contributed by atoms with Crippen molar-refractivity contribution >= 4 is 33.0 Å². The van der Waals surface area contributed by atoms with Gasteiger partial charge in [0, 0.05) is 46.7 Å². The van der Waals surface area contributed by atoms with Gasteiger partial charge in [-0.25, -0.2) is 8.42 Å². The second kappa shape index (κ2) is 10.9. The molecule has 2 heterocycles. The van der Waals surface area contributed by atoms with Crippen LogP contribution >= 0.6 is 11.8 Å². The molecule has 0 aromatic heterocycles. The van der Waals surface area contributed by atoms with E-state index in [2.05, 4.69) is 0 Å². The lowest BCUT2D eigenvalue weighted by atomic mass is 10.1. The zero-order valence-electron chi connectivity index (χ0n) is 17.0. The minimum Gasteiger partial charge on any atom is -0.381 e. The molecule has 172 valence electrons. The zero-order chi connectivity index (χ0) is 23.1. The lowest BCUT2D eigenvalue weighted by Gasteiger charge is -2.25. The maximum Gasteiger partial charge on any atom is 0.269 e. The van der Waals surface area contributed by atoms with Crippen molar-refractivity contribution in [1.29, 1.82) is 0 Å². The molecule has 0 N–H and O–H groups in total. The summed E-state index contributed by atoms with van der Waals surface area (Å²) in [4.78, 5) is 21.1. The number of hydrogen-bond acceptors (Lipinski definition) is 9. The highest BCUT2D eigenvalue weighted by Gasteiger charge is 2.27. The molecule has 0 bridgehead atoms. The van der Waals surface area contributed by atoms with E-state index in [-0.39, 0.29) is 32.9 Å². The van der Waals surface area contributed by atoms with Crippen molar-refractivity contribution in [1.82, 2.24) is 0 Å². The number of thioether (sulfide) groups is 1. The van der Waals surface area contributed by atoms with Gasteiger partial charge < -0.3 is 9.47 Å². The molecule has 2 aromatic carbocycles. The first-order chi connectivity index (χ1) is 15.2. The van der Waals surface area contributed by atoms with Gasteiger partial charge in [-0.2, -0.15) is 0 Å². The van der Waals surface area contributed by atoms with Crippen LogP contribution in [0.5, 0.6) is 0 Å². The Kier molecular flexibility index (Phi) is 8.18. The van der Waals surface area contributed by atoms with Gasteiger partial charge in [0.05, 0.1) is 46.9 Å². The van der Waals surface area contributed by atoms with Crippen LogP contribution in [0, 0.1) is 32.1 Å². The third-order valence-electron chi connectivity index (χ3n) is 4.81. The monoisotopic (exact) mass is 482 g/mol. The molecule has 12 heteroatoms. The van der Waals surface area contributed by atoms with Gasteiger partial charge in [0.25, 0.3) is 11.4 Å². The minimum atomic E-state index is -3.37. The van der Waals surface area contributed by atoms with Crippen LogP contribution in [0.15, 0.2) is 58.3 Å². The van der Waals surface area contributed by atoms with Crippen molar-refractivity contribution in [3.63, 3.8) is 0 Å². The highest BCUT2D eigenvalue weighted by atomic mass is 32.2. The summed E-state index contributed by atoms with van der Waals surface area (Å²) in [6.45, 7) is 2.62. The van der Waals surface area contributed by atoms with Crippen LogP contribution in [0.3, 0.4) is 0 Å². The molecular weight excluding hydrogens is 460 g/mol. The SMILES string of the molecule is O=[N+]([O-])c1ccc(S(=O)(=O)CC2COC2)cc1.O=[N+]([O-])c1ccc(SCC2COC2)cc1. The number of sulfone groups is 1. The molecule has 2 aliphatic rings. The van der Waals surface area contributed by atoms with Crippen LogP contribution in [0.25, 0.3) is 0 Å². The molecule has 2 aliphatic heterocycles. The fourth-order valence-corrected chi connectivity index (χ4v) is 5.33. The lowest BCUT2D eigenvalue weighted by molar-refractivity contribution is -0.385. The normalized spacial score (nSPS) is 16.2. The minimum absolute atomic E-state index is 0.0326. The van der Waals surface area contributed by atoms with Gasteiger partial charge >= 0.3 is 0 Å². The smallest absolute Gasteiger partial charge is 0.269 e. The maximum atomic E-state index is 11.9. The Labute approximate surface area is 189 Å². The molecule has 0 unspecified atom stereocenters. The van der Waals surface area contributed by atoms with Crippen LogP contribution < -0.4 is 0 Å². The second-order valence-electron chi connectivity index (χ2n) is 7.40. The van der Waals surface area contributed by atoms with Crippen molar-refractivity contribution in [3.8, 4) is 0 Å². The van der Waals surface area contributed by atoms with Crippen LogP contribution in [0.2, 0.25) is 0 Å². The molecular formula is C20H22N2O8S2. The Bertz CT molecular complexity index is 1030. The predicted octanol–water partition coefficient (Wildman–Crippen LogP) is 3.35. The number of nitrogens with zero attached hydrogens (tertiary/aromatic N) is 2. The third-order valence-corrected chi connectivity index (χ3v) is 7.95. The van der Waals surface area contributed by atoms with E-state index >= 15 is 0 Å². The van der Waals surface area contributed by atoms with Gasteiger partial charge in [-0.1, -0.05) is 0 Å². The van der Waals surface area contributed by atoms with Gasteiger partial charge in [-0.15, -0.1) is 11.8 Å². The first-order valence-corrected chi connectivity index (χ1v) is 12.4. The van der Waals surface area contributed by atoms with Crippen LogP contribution in [0.4, 0.5) is 11.4 Å². The van der Waals surface area contributed by atoms with E-state index in [0.29, 0.717) is 19.1 Å². The number of hydrogen-bond donors (Lipinski definition) is 0. The third kappa shape index (κ3) is 6.73. The molecule has 2 saturated heterocycles. The maximum absolute atomic E-state index is 11.9. The van der Waals surface area contributed by atoms with Gasteiger partial charge in [0.1, 0.15) is 0 Å². The average Bonchev–Trinajstić information content (AvgIpc) is 2.71. The molecule has 4 rings (SSSR count). The fraction of sp³-hybridized carbons (Fsp3) is 0.400. The van der Waals surface area contributed by atoms with Gasteiger partial charge in [-0.05, 0) is 24.3 Å². The number of benzene rings is 2. The molecule has 2 fully saturated rings. The first-order valence-electron chi connectivity index (χ1n) is 9.74. The van der Waals surface area contributed by atoms with Crippen molar-refractivity contribution < 1.29 is 27.7 Å². The van der Waals surface area contributed by atoms with Crippen molar-refractivity contribution in [2.45, 2.75) is 9.79 Å². The summed E-state index contributed by atoms with van der Waals surface area (Å²) < 4.78 is 33.8. The predicted molar refractivity (Wildman–Crippen MR) is 118 cm³/mol. The van der Waals surface area contributed by atoms with Crippen molar-refractivity contribution in [3.05, 3.63) is 68.8 Å². The standard InChI is InChI=1S/C10H11NO5S.C10H11NO3S/c12-11(13)9-1-3-10(4-2-9)17(14,15)7-8-5-16-6-8;12-11(13)9-1-3-10(4-2-9)15-7-8-5-14-6-8/h1-4,8H,5-7H2;1-4,8H,5-7H2. The number of nitro groups is 2. The molecule has 0 aliphatic carbocycles. The topological polar surface area (TPSA) is 139 Å². The van der Waals surface area contributed by atoms with E-state index in [1.165, 1.54) is 24.3 Å². The number of ether oxygens (including phenoxy) is 2. The largest absolute Gasteiger partial charge is 0.381 e. The van der Waals surface area contributed by atoms with E-state index in [4.69, 9.17) is 9.47 Å². The Hall–Kier alpha value is -2.54. The van der Waals surface area contributed by atoms with Crippen LogP contribution in [0.1, 0.15) is 0 Å². The van der Waals surface area contributed by atoms with E-state index in [0.717, 1.165) is 23.9 Å². The molecule has 0 radical (unpaired) electrons. The van der Waals surface area contributed by atoms with Crippen molar-refractivity contribution in [2.24, 2.45) is 11.8 Å². The first kappa shape index (κ1) is 24.1. The number of nitro benzene ring substituents is 2. The zero-order valence-corrected chi connectivity index (χ0v) is 18.6. The molecule has 0 atom stereocenters. The Morgan fingerprint density at radius 1 is 0.812 bits per heavy atom. The van der Waals surface area contributed by atoms with Crippen LogP contribution in [-0.2, 0) is 19.3 Å². The molecule has 0 amide bonds. The highest BCUT2D eigenvalue weighted by molar-refractivity contribution is 7.99. The number of rotatable bonds is 8. The molecule has 10 nitrogen and oxygen atoms in total. The lowest BCUT2D eigenvalue weighted by Crippen LogP contribution is -2.33. The second-order valence-corrected chi connectivity index (χ2v) is 10.5.